The Morgan fingerprint density at radius 3 is 3.09 bits per heavy atom. The molecule has 11 heavy (non-hydrogen) atoms. The van der Waals surface area contributed by atoms with Gasteiger partial charge in [0.2, 0.25) is 0 Å². The molecule has 1 atom stereocenters. The van der Waals surface area contributed by atoms with Crippen LogP contribution >= 0.6 is 0 Å². The summed E-state index contributed by atoms with van der Waals surface area (Å²) in [6, 6.07) is 0. The highest BCUT2D eigenvalue weighted by Gasteiger charge is 2.13. The molecule has 1 saturated heterocycles. The van der Waals surface area contributed by atoms with E-state index in [1.807, 2.05) is 0 Å². The average Bonchev–Trinajstić information content (AvgIpc) is 2.01. The highest BCUT2D eigenvalue weighted by atomic mass is 15.1. The van der Waals surface area contributed by atoms with E-state index in [1.165, 1.54) is 25.9 Å². The summed E-state index contributed by atoms with van der Waals surface area (Å²) in [5.41, 5.74) is 5.38. The molecule has 0 aromatic heterocycles. The Hall–Kier alpha value is -0.340. The van der Waals surface area contributed by atoms with Crippen molar-refractivity contribution in [2.45, 2.75) is 12.8 Å². The lowest BCUT2D eigenvalue weighted by atomic mass is 9.98. The van der Waals surface area contributed by atoms with Crippen LogP contribution in [0, 0.1) is 5.92 Å². The molecule has 1 fully saturated rings. The van der Waals surface area contributed by atoms with Gasteiger partial charge in [0, 0.05) is 13.1 Å². The Kier molecular flexibility index (Phi) is 3.60. The van der Waals surface area contributed by atoms with Gasteiger partial charge in [-0.2, -0.15) is 0 Å². The van der Waals surface area contributed by atoms with Crippen LogP contribution in [-0.4, -0.2) is 31.6 Å². The van der Waals surface area contributed by atoms with Crippen LogP contribution < -0.4 is 5.73 Å². The van der Waals surface area contributed by atoms with Gasteiger partial charge < -0.3 is 10.6 Å². The molecule has 0 aromatic carbocycles. The van der Waals surface area contributed by atoms with Crippen molar-refractivity contribution in [3.05, 3.63) is 12.2 Å². The van der Waals surface area contributed by atoms with Crippen molar-refractivity contribution >= 4 is 0 Å². The van der Waals surface area contributed by atoms with Crippen LogP contribution in [-0.2, 0) is 0 Å². The molecule has 1 aliphatic heterocycles. The van der Waals surface area contributed by atoms with Gasteiger partial charge in [0.05, 0.1) is 0 Å². The summed E-state index contributed by atoms with van der Waals surface area (Å²) < 4.78 is 0. The lowest BCUT2D eigenvalue weighted by molar-refractivity contribution is 0.237. The van der Waals surface area contributed by atoms with Crippen LogP contribution in [0.4, 0.5) is 0 Å². The van der Waals surface area contributed by atoms with Crippen molar-refractivity contribution < 1.29 is 0 Å². The molecule has 0 amide bonds. The molecule has 2 N–H and O–H groups in total. The quantitative estimate of drug-likeness (QED) is 0.597. The number of hydrogen-bond donors (Lipinski definition) is 1. The Morgan fingerprint density at radius 2 is 2.45 bits per heavy atom. The van der Waals surface area contributed by atoms with E-state index in [0.717, 1.165) is 5.92 Å². The number of hydrogen-bond acceptors (Lipinski definition) is 2. The van der Waals surface area contributed by atoms with Crippen molar-refractivity contribution in [3.8, 4) is 0 Å². The molecule has 2 heteroatoms. The number of nitrogens with two attached hydrogens (primary N) is 1. The largest absolute Gasteiger partial charge is 0.327 e. The smallest absolute Gasteiger partial charge is 0.0106 e. The number of piperidine rings is 1. The average molecular weight is 154 g/mol. The normalized spacial score (nSPS) is 28.0. The van der Waals surface area contributed by atoms with Gasteiger partial charge in [-0.15, -0.1) is 0 Å². The molecule has 2 nitrogen and oxygen atoms in total. The summed E-state index contributed by atoms with van der Waals surface area (Å²) >= 11 is 0. The molecule has 0 saturated carbocycles. The maximum atomic E-state index is 5.38. The molecule has 0 bridgehead atoms. The molecule has 1 heterocycles. The van der Waals surface area contributed by atoms with E-state index in [9.17, 15) is 0 Å². The van der Waals surface area contributed by atoms with Crippen LogP contribution in [0.15, 0.2) is 12.2 Å². The zero-order chi connectivity index (χ0) is 8.10. The third-order valence-corrected chi connectivity index (χ3v) is 2.21. The first-order valence-corrected chi connectivity index (χ1v) is 4.38. The monoisotopic (exact) mass is 154 g/mol. The zero-order valence-electron chi connectivity index (χ0n) is 7.29. The molecule has 0 aliphatic carbocycles. The van der Waals surface area contributed by atoms with Gasteiger partial charge >= 0.3 is 0 Å². The third kappa shape index (κ3) is 3.04. The van der Waals surface area contributed by atoms with Gasteiger partial charge in [0.25, 0.3) is 0 Å². The maximum Gasteiger partial charge on any atom is 0.0106 e. The van der Waals surface area contributed by atoms with Gasteiger partial charge in [0.1, 0.15) is 0 Å². The Labute approximate surface area is 69.1 Å². The highest BCUT2D eigenvalue weighted by Crippen LogP contribution is 2.15. The third-order valence-electron chi connectivity index (χ3n) is 2.21. The highest BCUT2D eigenvalue weighted by molar-refractivity contribution is 4.91. The van der Waals surface area contributed by atoms with Crippen LogP contribution in [0.25, 0.3) is 0 Å². The van der Waals surface area contributed by atoms with Crippen LogP contribution in [0.3, 0.4) is 0 Å². The first kappa shape index (κ1) is 8.75. The SMILES string of the molecule is CN1CCCC(/C=C/CN)C1. The second kappa shape index (κ2) is 4.52. The van der Waals surface area contributed by atoms with Crippen molar-refractivity contribution in [2.24, 2.45) is 11.7 Å². The van der Waals surface area contributed by atoms with E-state index in [2.05, 4.69) is 24.1 Å². The van der Waals surface area contributed by atoms with E-state index >= 15 is 0 Å². The fourth-order valence-electron chi connectivity index (χ4n) is 1.63. The summed E-state index contributed by atoms with van der Waals surface area (Å²) in [6.45, 7) is 3.14. The molecule has 64 valence electrons. The minimum absolute atomic E-state index is 0.681. The fourth-order valence-corrected chi connectivity index (χ4v) is 1.63. The van der Waals surface area contributed by atoms with Crippen molar-refractivity contribution in [1.29, 1.82) is 0 Å². The van der Waals surface area contributed by atoms with Gasteiger partial charge in [-0.05, 0) is 32.4 Å². The van der Waals surface area contributed by atoms with Crippen molar-refractivity contribution in [1.82, 2.24) is 4.90 Å². The van der Waals surface area contributed by atoms with Crippen LogP contribution in [0.5, 0.6) is 0 Å². The van der Waals surface area contributed by atoms with Crippen LogP contribution in [0.1, 0.15) is 12.8 Å². The van der Waals surface area contributed by atoms with E-state index in [1.54, 1.807) is 0 Å². The van der Waals surface area contributed by atoms with Gasteiger partial charge in [0.15, 0.2) is 0 Å². The Morgan fingerprint density at radius 1 is 1.64 bits per heavy atom. The molecule has 1 rings (SSSR count). The number of nitrogens with zero attached hydrogens (tertiary/aromatic N) is 1. The minimum atomic E-state index is 0.681. The molecule has 1 aliphatic rings. The van der Waals surface area contributed by atoms with E-state index in [0.29, 0.717) is 6.54 Å². The van der Waals surface area contributed by atoms with Crippen molar-refractivity contribution in [3.63, 3.8) is 0 Å². The second-order valence-electron chi connectivity index (χ2n) is 3.33. The van der Waals surface area contributed by atoms with Gasteiger partial charge in [-0.3, -0.25) is 0 Å². The fraction of sp³-hybridized carbons (Fsp3) is 0.778. The Balaban J connectivity index is 2.28. The first-order chi connectivity index (χ1) is 5.33. The molecule has 0 aromatic rings. The molecule has 0 spiro atoms. The summed E-state index contributed by atoms with van der Waals surface area (Å²) in [7, 11) is 2.18. The second-order valence-corrected chi connectivity index (χ2v) is 3.33. The lowest BCUT2D eigenvalue weighted by Gasteiger charge is -2.27. The van der Waals surface area contributed by atoms with E-state index in [-0.39, 0.29) is 0 Å². The molecular formula is C9H18N2. The molecular weight excluding hydrogens is 136 g/mol. The van der Waals surface area contributed by atoms with E-state index < -0.39 is 0 Å². The number of likely N-dealkylation sites (tertiary alicyclic amines) is 1. The first-order valence-electron chi connectivity index (χ1n) is 4.38. The maximum absolute atomic E-state index is 5.38. The summed E-state index contributed by atoms with van der Waals surface area (Å²) in [5.74, 6) is 0.747. The standard InChI is InChI=1S/C9H18N2/c1-11-7-3-5-9(8-11)4-2-6-10/h2,4,9H,3,5-8,10H2,1H3/b4-2+. The summed E-state index contributed by atoms with van der Waals surface area (Å²) in [4.78, 5) is 2.38. The molecule has 0 radical (unpaired) electrons. The van der Waals surface area contributed by atoms with Gasteiger partial charge in [-0.1, -0.05) is 12.2 Å². The Bertz CT molecular complexity index is 132. The number of rotatable bonds is 2. The summed E-state index contributed by atoms with van der Waals surface area (Å²) in [5, 5.41) is 0. The predicted molar refractivity (Wildman–Crippen MR) is 48.4 cm³/mol. The predicted octanol–water partition coefficient (Wildman–Crippen LogP) is 0.843. The summed E-state index contributed by atoms with van der Waals surface area (Å²) in [6.07, 6.45) is 7.00. The zero-order valence-corrected chi connectivity index (χ0v) is 7.29. The van der Waals surface area contributed by atoms with Crippen LogP contribution in [0.2, 0.25) is 0 Å². The minimum Gasteiger partial charge on any atom is -0.327 e. The lowest BCUT2D eigenvalue weighted by Crippen LogP contribution is -2.31. The topological polar surface area (TPSA) is 29.3 Å². The molecule has 1 unspecified atom stereocenters. The van der Waals surface area contributed by atoms with Crippen molar-refractivity contribution in [2.75, 3.05) is 26.7 Å². The van der Waals surface area contributed by atoms with E-state index in [4.69, 9.17) is 5.73 Å². The van der Waals surface area contributed by atoms with Gasteiger partial charge in [-0.25, -0.2) is 0 Å².